The van der Waals surface area contributed by atoms with Crippen LogP contribution in [0.15, 0.2) is 18.2 Å². The summed E-state index contributed by atoms with van der Waals surface area (Å²) >= 11 is 0. The number of nitrogens with zero attached hydrogens (tertiary/aromatic N) is 1. The summed E-state index contributed by atoms with van der Waals surface area (Å²) in [5.41, 5.74) is 1.77. The van der Waals surface area contributed by atoms with Crippen LogP contribution in [-0.2, 0) is 6.42 Å². The summed E-state index contributed by atoms with van der Waals surface area (Å²) in [5.74, 6) is 0.815. The first kappa shape index (κ1) is 18.8. The molecular formula is C17H27ClN2O2. The highest BCUT2D eigenvalue weighted by Crippen LogP contribution is 2.30. The van der Waals surface area contributed by atoms with Gasteiger partial charge in [0.15, 0.2) is 0 Å². The van der Waals surface area contributed by atoms with Gasteiger partial charge in [-0.15, -0.1) is 12.4 Å². The number of hydrogen-bond acceptors (Lipinski definition) is 3. The van der Waals surface area contributed by atoms with Crippen LogP contribution in [0.5, 0.6) is 5.75 Å². The Balaban J connectivity index is 0.00000242. The maximum Gasteiger partial charge on any atom is 0.251 e. The van der Waals surface area contributed by atoms with Gasteiger partial charge >= 0.3 is 0 Å². The van der Waals surface area contributed by atoms with Crippen LogP contribution in [0, 0.1) is 0 Å². The SMILES string of the molecule is CCCN(C(C)C)C1COc2cccc(C(=O)NC)c2C1.Cl. The van der Waals surface area contributed by atoms with Gasteiger partial charge < -0.3 is 10.1 Å². The Hall–Kier alpha value is -1.26. The van der Waals surface area contributed by atoms with Crippen molar-refractivity contribution in [1.82, 2.24) is 10.2 Å². The van der Waals surface area contributed by atoms with E-state index in [9.17, 15) is 4.79 Å². The first-order valence-corrected chi connectivity index (χ1v) is 7.81. The molecule has 0 fully saturated rings. The van der Waals surface area contributed by atoms with E-state index in [0.717, 1.165) is 36.3 Å². The summed E-state index contributed by atoms with van der Waals surface area (Å²) in [5, 5.41) is 2.72. The second-order valence-electron chi connectivity index (χ2n) is 5.86. The van der Waals surface area contributed by atoms with E-state index in [1.807, 2.05) is 18.2 Å². The number of rotatable bonds is 5. The number of hydrogen-bond donors (Lipinski definition) is 1. The zero-order valence-corrected chi connectivity index (χ0v) is 14.7. The largest absolute Gasteiger partial charge is 0.492 e. The summed E-state index contributed by atoms with van der Waals surface area (Å²) in [6, 6.07) is 6.53. The fourth-order valence-corrected chi connectivity index (χ4v) is 3.07. The third-order valence-electron chi connectivity index (χ3n) is 4.09. The minimum atomic E-state index is -0.0392. The van der Waals surface area contributed by atoms with Crippen molar-refractivity contribution >= 4 is 18.3 Å². The Morgan fingerprint density at radius 3 is 2.77 bits per heavy atom. The molecule has 1 atom stereocenters. The van der Waals surface area contributed by atoms with Gasteiger partial charge in [0.2, 0.25) is 0 Å². The topological polar surface area (TPSA) is 41.6 Å². The molecule has 4 nitrogen and oxygen atoms in total. The van der Waals surface area contributed by atoms with Gasteiger partial charge in [0.05, 0.1) is 0 Å². The maximum atomic E-state index is 12.0. The molecule has 1 heterocycles. The molecule has 2 rings (SSSR count). The van der Waals surface area contributed by atoms with E-state index >= 15 is 0 Å². The Kier molecular flexibility index (Phi) is 7.17. The quantitative estimate of drug-likeness (QED) is 0.904. The molecule has 0 spiro atoms. The second kappa shape index (κ2) is 8.39. The minimum absolute atomic E-state index is 0. The number of ether oxygens (including phenoxy) is 1. The third kappa shape index (κ3) is 3.93. The number of fused-ring (bicyclic) bond motifs is 1. The molecule has 0 saturated heterocycles. The van der Waals surface area contributed by atoms with Crippen molar-refractivity contribution in [3.63, 3.8) is 0 Å². The number of nitrogens with one attached hydrogen (secondary N) is 1. The molecule has 1 aliphatic rings. The van der Waals surface area contributed by atoms with Gasteiger partial charge in [0.1, 0.15) is 12.4 Å². The van der Waals surface area contributed by atoms with Gasteiger partial charge in [-0.2, -0.15) is 0 Å². The van der Waals surface area contributed by atoms with Crippen molar-refractivity contribution in [2.24, 2.45) is 0 Å². The summed E-state index contributed by atoms with van der Waals surface area (Å²) in [4.78, 5) is 14.5. The molecule has 1 aromatic rings. The number of carbonyl (C=O) groups is 1. The molecule has 1 unspecified atom stereocenters. The van der Waals surface area contributed by atoms with Crippen molar-refractivity contribution in [2.75, 3.05) is 20.2 Å². The van der Waals surface area contributed by atoms with Crippen LogP contribution in [0.1, 0.15) is 43.1 Å². The standard InChI is InChI=1S/C17H26N2O2.ClH/c1-5-9-19(12(2)3)13-10-15-14(17(20)18-4)7-6-8-16(15)21-11-13;/h6-8,12-13H,5,9-11H2,1-4H3,(H,18,20);1H. The highest BCUT2D eigenvalue weighted by molar-refractivity contribution is 5.96. The predicted octanol–water partition coefficient (Wildman–Crippen LogP) is 2.89. The van der Waals surface area contributed by atoms with E-state index < -0.39 is 0 Å². The van der Waals surface area contributed by atoms with Crippen molar-refractivity contribution < 1.29 is 9.53 Å². The van der Waals surface area contributed by atoms with Crippen LogP contribution in [0.25, 0.3) is 0 Å². The minimum Gasteiger partial charge on any atom is -0.492 e. The molecule has 22 heavy (non-hydrogen) atoms. The van der Waals surface area contributed by atoms with Crippen LogP contribution in [0.2, 0.25) is 0 Å². The fraction of sp³-hybridized carbons (Fsp3) is 0.588. The molecule has 1 aromatic carbocycles. The van der Waals surface area contributed by atoms with Crippen LogP contribution in [0.3, 0.4) is 0 Å². The molecule has 1 amide bonds. The van der Waals surface area contributed by atoms with Crippen LogP contribution in [0.4, 0.5) is 0 Å². The molecule has 5 heteroatoms. The van der Waals surface area contributed by atoms with E-state index in [2.05, 4.69) is 31.0 Å². The Labute approximate surface area is 139 Å². The zero-order chi connectivity index (χ0) is 15.4. The van der Waals surface area contributed by atoms with E-state index in [-0.39, 0.29) is 18.3 Å². The van der Waals surface area contributed by atoms with E-state index in [1.165, 1.54) is 0 Å². The number of carbonyl (C=O) groups excluding carboxylic acids is 1. The van der Waals surface area contributed by atoms with Gasteiger partial charge in [-0.3, -0.25) is 9.69 Å². The zero-order valence-electron chi connectivity index (χ0n) is 13.9. The summed E-state index contributed by atoms with van der Waals surface area (Å²) in [6.07, 6.45) is 2.00. The average Bonchev–Trinajstić information content (AvgIpc) is 2.50. The van der Waals surface area contributed by atoms with E-state index in [0.29, 0.717) is 18.7 Å². The lowest BCUT2D eigenvalue weighted by Gasteiger charge is -2.38. The lowest BCUT2D eigenvalue weighted by atomic mass is 9.95. The lowest BCUT2D eigenvalue weighted by molar-refractivity contribution is 0.0895. The second-order valence-corrected chi connectivity index (χ2v) is 5.86. The van der Waals surface area contributed by atoms with Crippen molar-refractivity contribution in [3.8, 4) is 5.75 Å². The molecule has 0 bridgehead atoms. The van der Waals surface area contributed by atoms with Gasteiger partial charge in [0, 0.05) is 30.3 Å². The monoisotopic (exact) mass is 326 g/mol. The molecule has 0 aromatic heterocycles. The first-order valence-electron chi connectivity index (χ1n) is 7.81. The predicted molar refractivity (Wildman–Crippen MR) is 92.2 cm³/mol. The molecule has 0 saturated carbocycles. The lowest BCUT2D eigenvalue weighted by Crippen LogP contribution is -2.47. The highest BCUT2D eigenvalue weighted by Gasteiger charge is 2.29. The smallest absolute Gasteiger partial charge is 0.251 e. The maximum absolute atomic E-state index is 12.0. The fourth-order valence-electron chi connectivity index (χ4n) is 3.07. The number of benzene rings is 1. The normalized spacial score (nSPS) is 16.7. The Morgan fingerprint density at radius 2 is 2.18 bits per heavy atom. The Morgan fingerprint density at radius 1 is 1.45 bits per heavy atom. The molecular weight excluding hydrogens is 300 g/mol. The van der Waals surface area contributed by atoms with Crippen LogP contribution < -0.4 is 10.1 Å². The molecule has 1 aliphatic heterocycles. The summed E-state index contributed by atoms with van der Waals surface area (Å²) in [7, 11) is 1.67. The van der Waals surface area contributed by atoms with Gasteiger partial charge in [-0.05, 0) is 45.4 Å². The molecule has 0 aliphatic carbocycles. The van der Waals surface area contributed by atoms with E-state index in [1.54, 1.807) is 7.05 Å². The Bertz CT molecular complexity index is 505. The molecule has 0 radical (unpaired) electrons. The number of amides is 1. The average molecular weight is 327 g/mol. The van der Waals surface area contributed by atoms with Crippen molar-refractivity contribution in [1.29, 1.82) is 0 Å². The van der Waals surface area contributed by atoms with Gasteiger partial charge in [0.25, 0.3) is 5.91 Å². The van der Waals surface area contributed by atoms with E-state index in [4.69, 9.17) is 4.74 Å². The summed E-state index contributed by atoms with van der Waals surface area (Å²) in [6.45, 7) is 8.39. The van der Waals surface area contributed by atoms with Gasteiger partial charge in [-0.25, -0.2) is 0 Å². The summed E-state index contributed by atoms with van der Waals surface area (Å²) < 4.78 is 5.93. The number of halogens is 1. The van der Waals surface area contributed by atoms with Crippen molar-refractivity contribution in [3.05, 3.63) is 29.3 Å². The first-order chi connectivity index (χ1) is 10.1. The molecule has 1 N–H and O–H groups in total. The van der Waals surface area contributed by atoms with Crippen LogP contribution >= 0.6 is 12.4 Å². The van der Waals surface area contributed by atoms with Crippen LogP contribution in [-0.4, -0.2) is 43.1 Å². The highest BCUT2D eigenvalue weighted by atomic mass is 35.5. The van der Waals surface area contributed by atoms with Crippen molar-refractivity contribution in [2.45, 2.75) is 45.7 Å². The van der Waals surface area contributed by atoms with Gasteiger partial charge in [-0.1, -0.05) is 13.0 Å². The third-order valence-corrected chi connectivity index (χ3v) is 4.09. The molecule has 124 valence electrons.